The first-order valence-corrected chi connectivity index (χ1v) is 49.3. The third-order valence-electron chi connectivity index (χ3n) is 28.5. The van der Waals surface area contributed by atoms with Crippen molar-refractivity contribution in [2.75, 3.05) is 98.4 Å². The monoisotopic (exact) mass is 1990 g/mol. The van der Waals surface area contributed by atoms with Crippen LogP contribution in [0.3, 0.4) is 0 Å². The third kappa shape index (κ3) is 17.0. The van der Waals surface area contributed by atoms with Gasteiger partial charge in [0.2, 0.25) is 20.0 Å². The molecule has 8 aromatic heterocycles. The molecule has 0 aliphatic carbocycles. The number of hydrogen-bond donors (Lipinski definition) is 8. The van der Waals surface area contributed by atoms with Crippen molar-refractivity contribution < 1.29 is 46.0 Å². The van der Waals surface area contributed by atoms with E-state index >= 15 is 0 Å². The van der Waals surface area contributed by atoms with Crippen LogP contribution in [-0.2, 0) is 52.2 Å². The number of piperidine rings is 4. The number of hydrogen-bond acceptors (Lipinski definition) is 26. The Morgan fingerprint density at radius 1 is 0.409 bits per heavy atom. The van der Waals surface area contributed by atoms with Gasteiger partial charge < -0.3 is 71.7 Å². The van der Waals surface area contributed by atoms with E-state index in [1.165, 1.54) is 12.3 Å². The molecule has 0 radical (unpaired) electrons. The highest BCUT2D eigenvalue weighted by molar-refractivity contribution is 7.89. The predicted octanol–water partition coefficient (Wildman–Crippen LogP) is 13.4. The number of aliphatic hydroxyl groups excluding tert-OH is 2. The van der Waals surface area contributed by atoms with Crippen molar-refractivity contribution in [1.82, 2.24) is 48.0 Å². The largest absolute Gasteiger partial charge is 0.390 e. The van der Waals surface area contributed by atoms with E-state index in [1.807, 2.05) is 66.8 Å². The van der Waals surface area contributed by atoms with Gasteiger partial charge >= 0.3 is 0 Å². The second kappa shape index (κ2) is 37.5. The fourth-order valence-corrected chi connectivity index (χ4v) is 23.6. The van der Waals surface area contributed by atoms with Crippen molar-refractivity contribution in [2.45, 2.75) is 151 Å². The summed E-state index contributed by atoms with van der Waals surface area (Å²) in [6.07, 6.45) is 13.4. The van der Waals surface area contributed by atoms with Gasteiger partial charge in [-0.15, -0.1) is 20.4 Å². The Balaban J connectivity index is 0.000000123. The molecule has 8 atom stereocenters. The molecule has 20 rings (SSSR count). The molecular weight excluding hydrogens is 1900 g/mol. The molecule has 42 heteroatoms. The summed E-state index contributed by atoms with van der Waals surface area (Å²) in [5.41, 5.74) is 33.4. The second-order valence-corrected chi connectivity index (χ2v) is 41.7. The molecule has 0 bridgehead atoms. The highest BCUT2D eigenvalue weighted by Gasteiger charge is 2.52. The highest BCUT2D eigenvalue weighted by Crippen LogP contribution is 2.52. The zero-order valence-corrected chi connectivity index (χ0v) is 80.0. The molecule has 8 saturated heterocycles. The molecule has 12 aromatic rings. The highest BCUT2D eigenvalue weighted by atomic mass is 35.5. The lowest BCUT2D eigenvalue weighted by atomic mass is 9.73. The molecule has 696 valence electrons. The van der Waals surface area contributed by atoms with Crippen LogP contribution < -0.4 is 52.8 Å². The first-order valence-electron chi connectivity index (χ1n) is 43.2. The summed E-state index contributed by atoms with van der Waals surface area (Å²) in [5, 5.41) is 70.7. The van der Waals surface area contributed by atoms with Gasteiger partial charge in [-0.05, 0) is 115 Å². The average molecular weight is 2000 g/mol. The lowest BCUT2D eigenvalue weighted by Crippen LogP contribution is -2.51. The molecule has 0 amide bonds. The summed E-state index contributed by atoms with van der Waals surface area (Å²) in [5.74, 6) is 2.91. The SMILES string of the molecule is CC1OCC2(CCN(c3cc(C#N)c(-c4cccc(Cl)c4Cl)c4ncc(CO)n34)CC2)C1N.CC1OCC2(CCN(c3cc(C#N)c(-c4cccc(Cl)c4Cl)c4nncn34)CC2)C1N.CC1OCC2(CCN(c3cc(S(N)(=O)=O)c(-c4cccc(Cl)c4Cl)c4ncc(CO)n34)CC2)C1N.CC1OCC2(CCN(c3cc(S(N)(=O)=O)c(-c4cccc(Cl)c4Cl)c4nncn34)CC2)C1N. The van der Waals surface area contributed by atoms with Crippen LogP contribution >= 0.6 is 92.8 Å². The number of benzene rings is 4. The van der Waals surface area contributed by atoms with E-state index in [0.717, 1.165) is 89.2 Å². The van der Waals surface area contributed by atoms with Gasteiger partial charge in [0.15, 0.2) is 11.3 Å². The van der Waals surface area contributed by atoms with Crippen LogP contribution in [0.1, 0.15) is 102 Å². The van der Waals surface area contributed by atoms with Gasteiger partial charge in [0, 0.05) is 155 Å². The summed E-state index contributed by atoms with van der Waals surface area (Å²) >= 11 is 50.9. The molecule has 16 heterocycles. The molecular formula is C90H98Cl8N22O10S2. The van der Waals surface area contributed by atoms with E-state index in [1.54, 1.807) is 88.3 Å². The molecule has 4 aromatic carbocycles. The Bertz CT molecular complexity index is 6800. The van der Waals surface area contributed by atoms with Crippen LogP contribution in [-0.4, -0.2) is 202 Å². The zero-order chi connectivity index (χ0) is 93.7. The van der Waals surface area contributed by atoms with Crippen molar-refractivity contribution in [3.8, 4) is 56.6 Å². The minimum atomic E-state index is -4.18. The van der Waals surface area contributed by atoms with Crippen molar-refractivity contribution in [2.24, 2.45) is 54.9 Å². The van der Waals surface area contributed by atoms with E-state index in [9.17, 15) is 37.6 Å². The fraction of sp³-hybridized carbons (Fsp3) is 0.422. The number of aromatic nitrogens is 10. The second-order valence-electron chi connectivity index (χ2n) is 35.5. The van der Waals surface area contributed by atoms with Gasteiger partial charge in [-0.25, -0.2) is 37.1 Å². The van der Waals surface area contributed by atoms with E-state index in [-0.39, 0.29) is 119 Å². The van der Waals surface area contributed by atoms with Crippen molar-refractivity contribution >= 4 is 159 Å². The molecule has 8 unspecified atom stereocenters. The van der Waals surface area contributed by atoms with Gasteiger partial charge in [-0.2, -0.15) is 10.5 Å². The molecule has 132 heavy (non-hydrogen) atoms. The molecule has 0 saturated carbocycles. The number of nitrogens with zero attached hydrogens (tertiary/aromatic N) is 16. The number of ether oxygens (including phenoxy) is 4. The van der Waals surface area contributed by atoms with Crippen LogP contribution in [0.5, 0.6) is 0 Å². The number of sulfonamides is 2. The van der Waals surface area contributed by atoms with Crippen molar-refractivity contribution in [3.05, 3.63) is 185 Å². The smallest absolute Gasteiger partial charge is 0.238 e. The minimum absolute atomic E-state index is 0.00129. The quantitative estimate of drug-likeness (QED) is 0.0563. The average Bonchev–Trinajstić information content (AvgIpc) is 1.51. The summed E-state index contributed by atoms with van der Waals surface area (Å²) in [6, 6.07) is 32.1. The Labute approximate surface area is 802 Å². The predicted molar refractivity (Wildman–Crippen MR) is 511 cm³/mol. The van der Waals surface area contributed by atoms with Crippen LogP contribution in [0, 0.1) is 44.3 Å². The van der Waals surface area contributed by atoms with Gasteiger partial charge in [-0.3, -0.25) is 17.6 Å². The molecule has 14 N–H and O–H groups in total. The number of rotatable bonds is 12. The van der Waals surface area contributed by atoms with Gasteiger partial charge in [0.05, 0.1) is 149 Å². The zero-order valence-electron chi connectivity index (χ0n) is 72.3. The Hall–Kier alpha value is -8.58. The van der Waals surface area contributed by atoms with E-state index in [4.69, 9.17) is 145 Å². The van der Waals surface area contributed by atoms with Crippen LogP contribution in [0.25, 0.3) is 67.1 Å². The molecule has 8 aliphatic heterocycles. The third-order valence-corrected chi connectivity index (χ3v) is 33.6. The number of fused-ring (bicyclic) bond motifs is 4. The summed E-state index contributed by atoms with van der Waals surface area (Å²) in [4.78, 5) is 17.5. The number of nitrogens with two attached hydrogens (primary N) is 6. The number of imidazole rings is 2. The van der Waals surface area contributed by atoms with Gasteiger partial charge in [-0.1, -0.05) is 141 Å². The number of pyridine rings is 4. The Morgan fingerprint density at radius 2 is 0.674 bits per heavy atom. The van der Waals surface area contributed by atoms with E-state index in [2.05, 4.69) is 62.1 Å². The maximum Gasteiger partial charge on any atom is 0.238 e. The van der Waals surface area contributed by atoms with Crippen molar-refractivity contribution in [3.63, 3.8) is 0 Å². The van der Waals surface area contributed by atoms with Crippen LogP contribution in [0.4, 0.5) is 23.3 Å². The summed E-state index contributed by atoms with van der Waals surface area (Å²) in [6.45, 7) is 16.0. The van der Waals surface area contributed by atoms with Crippen LogP contribution in [0.15, 0.2) is 132 Å². The maximum atomic E-state index is 12.8. The molecule has 4 spiro atoms. The number of aliphatic hydroxyl groups is 2. The Kier molecular flexibility index (Phi) is 27.0. The fourth-order valence-electron chi connectivity index (χ4n) is 20.5. The molecule has 8 aliphatic rings. The lowest BCUT2D eigenvalue weighted by Gasteiger charge is -2.42. The summed E-state index contributed by atoms with van der Waals surface area (Å²) < 4.78 is 81.7. The topological polar surface area (TPSA) is 457 Å². The lowest BCUT2D eigenvalue weighted by molar-refractivity contribution is 0.0973. The van der Waals surface area contributed by atoms with Crippen molar-refractivity contribution in [1.29, 1.82) is 10.5 Å². The molecule has 32 nitrogen and oxygen atoms in total. The first kappa shape index (κ1) is 95.2. The standard InChI is InChI=1S/C24H25Cl2N5O2.C23H27Cl2N5O4S.C22H22Cl2N6O.C21H24Cl2N6O3S/c1-14-22(28)24(13-33-14)5-7-30(8-6-24)19-9-15(10-27)20(17-3-2-4-18(25)21(17)26)23-29-11-16(12-32)31(19)23;1-13-21(26)23(12-34-13)5-7-29(8-6-23)18-9-17(35(27,32)33)19(15-3-2-4-16(24)20(15)25)22-28-10-14(11-31)30(18)22;1-13-20(26)22(11-31-13)5-7-29(8-6-22)17-9-14(10-25)18(21-28-27-12-30(17)21)15-3-2-4-16(23)19(15)24;1-12-19(24)21(10-32-12)5-7-28(8-6-21)16-9-15(33(25,30)31)17(20-27-26-11-29(16)20)13-3-2-4-14(22)18(13)23/h2-4,9,11,14,22,32H,5-8,12-13,28H2,1H3;2-4,9-10,13,21,31H,5-8,11-12,26H2,1H3,(H2,27,32,33);2-4,9,12-13,20H,5-8,11,26H2,1H3;2-4,9,11-12,19H,5-8,10,24H2,1H3,(H2,25,30,31). The number of nitriles is 2. The van der Waals surface area contributed by atoms with Gasteiger partial charge in [0.1, 0.15) is 59.4 Å². The first-order chi connectivity index (χ1) is 63.0. The van der Waals surface area contributed by atoms with E-state index in [0.29, 0.717) is 168 Å². The maximum absolute atomic E-state index is 12.8. The number of halogens is 8. The number of primary sulfonamides is 2. The Morgan fingerprint density at radius 3 is 0.977 bits per heavy atom. The van der Waals surface area contributed by atoms with Crippen LogP contribution in [0.2, 0.25) is 40.2 Å². The normalized spacial score (nSPS) is 22.6. The van der Waals surface area contributed by atoms with Gasteiger partial charge in [0.25, 0.3) is 0 Å². The minimum Gasteiger partial charge on any atom is -0.390 e. The molecule has 8 fully saturated rings. The van der Waals surface area contributed by atoms with E-state index < -0.39 is 20.0 Å². The number of anilines is 4. The summed E-state index contributed by atoms with van der Waals surface area (Å²) in [7, 11) is -8.31.